The van der Waals surface area contributed by atoms with E-state index in [1.54, 1.807) is 0 Å². The Morgan fingerprint density at radius 3 is 2.40 bits per heavy atom. The molecule has 0 saturated heterocycles. The van der Waals surface area contributed by atoms with E-state index < -0.39 is 10.0 Å². The second kappa shape index (κ2) is 7.18. The van der Waals surface area contributed by atoms with Gasteiger partial charge in [-0.25, -0.2) is 13.6 Å². The summed E-state index contributed by atoms with van der Waals surface area (Å²) in [5, 5.41) is 9.41. The van der Waals surface area contributed by atoms with Crippen molar-refractivity contribution in [2.75, 3.05) is 5.32 Å². The molecule has 128 valence electrons. The molecule has 0 spiro atoms. The van der Waals surface area contributed by atoms with Crippen LogP contribution in [0.5, 0.6) is 0 Å². The first-order chi connectivity index (χ1) is 11.9. The summed E-state index contributed by atoms with van der Waals surface area (Å²) in [6.07, 6.45) is 0.684. The normalized spacial score (nSPS) is 11.2. The van der Waals surface area contributed by atoms with Crippen LogP contribution in [0.25, 0.3) is 0 Å². The summed E-state index contributed by atoms with van der Waals surface area (Å²) >= 11 is 0.928. The van der Waals surface area contributed by atoms with Crippen LogP contribution in [0, 0.1) is 0 Å². The number of hydrogen-bond acceptors (Lipinski definition) is 4. The zero-order valence-electron chi connectivity index (χ0n) is 13.2. The standard InChI is InChI=1S/C18H16N2O3S2/c19-25(22,23)17-11-15(12-24-17)18(21)20-16-9-5-4-8-14(16)10-13-6-2-1-3-7-13/h1-9,11-12H,10H2,(H,20,21)(H2,19,22,23). The number of nitrogens with one attached hydrogen (secondary N) is 1. The van der Waals surface area contributed by atoms with Crippen molar-refractivity contribution >= 4 is 33.0 Å². The third-order valence-electron chi connectivity index (χ3n) is 3.62. The number of rotatable bonds is 5. The molecule has 7 heteroatoms. The molecule has 3 rings (SSSR count). The number of primary sulfonamides is 1. The summed E-state index contributed by atoms with van der Waals surface area (Å²) in [6.45, 7) is 0. The fourth-order valence-corrected chi connectivity index (χ4v) is 3.98. The average Bonchev–Trinajstić information content (AvgIpc) is 3.08. The number of carbonyl (C=O) groups excluding carboxylic acids is 1. The largest absolute Gasteiger partial charge is 0.322 e. The zero-order chi connectivity index (χ0) is 17.9. The molecule has 2 aromatic carbocycles. The molecular formula is C18H16N2O3S2. The van der Waals surface area contributed by atoms with E-state index in [-0.39, 0.29) is 15.7 Å². The lowest BCUT2D eigenvalue weighted by Gasteiger charge is -2.10. The second-order valence-corrected chi connectivity index (χ2v) is 8.17. The Labute approximate surface area is 150 Å². The Morgan fingerprint density at radius 1 is 1.04 bits per heavy atom. The second-order valence-electron chi connectivity index (χ2n) is 5.47. The number of para-hydroxylation sites is 1. The molecule has 0 atom stereocenters. The molecule has 0 radical (unpaired) electrons. The van der Waals surface area contributed by atoms with Crippen molar-refractivity contribution in [1.82, 2.24) is 0 Å². The van der Waals surface area contributed by atoms with Gasteiger partial charge < -0.3 is 5.32 Å². The van der Waals surface area contributed by atoms with Crippen molar-refractivity contribution in [2.24, 2.45) is 5.14 Å². The van der Waals surface area contributed by atoms with E-state index in [4.69, 9.17) is 5.14 Å². The summed E-state index contributed by atoms with van der Waals surface area (Å²) < 4.78 is 22.6. The minimum Gasteiger partial charge on any atom is -0.322 e. The van der Waals surface area contributed by atoms with Gasteiger partial charge >= 0.3 is 0 Å². The van der Waals surface area contributed by atoms with Crippen LogP contribution >= 0.6 is 11.3 Å². The Morgan fingerprint density at radius 2 is 1.72 bits per heavy atom. The number of carbonyl (C=O) groups is 1. The molecule has 3 N–H and O–H groups in total. The summed E-state index contributed by atoms with van der Waals surface area (Å²) in [7, 11) is -3.80. The quantitative estimate of drug-likeness (QED) is 0.720. The molecule has 25 heavy (non-hydrogen) atoms. The fraction of sp³-hybridized carbons (Fsp3) is 0.0556. The van der Waals surface area contributed by atoms with Crippen LogP contribution in [0.15, 0.2) is 70.3 Å². The fourth-order valence-electron chi connectivity index (χ4n) is 2.39. The number of sulfonamides is 1. The van der Waals surface area contributed by atoms with Crippen molar-refractivity contribution in [3.05, 3.63) is 82.7 Å². The van der Waals surface area contributed by atoms with E-state index in [1.807, 2.05) is 54.6 Å². The molecule has 5 nitrogen and oxygen atoms in total. The van der Waals surface area contributed by atoms with E-state index in [0.29, 0.717) is 12.1 Å². The van der Waals surface area contributed by atoms with E-state index >= 15 is 0 Å². The van der Waals surface area contributed by atoms with Crippen LogP contribution in [-0.4, -0.2) is 14.3 Å². The van der Waals surface area contributed by atoms with Crippen LogP contribution < -0.4 is 10.5 Å². The van der Waals surface area contributed by atoms with Crippen LogP contribution in [-0.2, 0) is 16.4 Å². The van der Waals surface area contributed by atoms with Crippen LogP contribution in [0.4, 0.5) is 5.69 Å². The number of benzene rings is 2. The Kier molecular flexibility index (Phi) is 4.98. The molecule has 0 saturated carbocycles. The molecule has 3 aromatic rings. The van der Waals surface area contributed by atoms with Crippen LogP contribution in [0.3, 0.4) is 0 Å². The molecule has 1 amide bonds. The number of amides is 1. The van der Waals surface area contributed by atoms with E-state index in [1.165, 1.54) is 11.4 Å². The predicted octanol–water partition coefficient (Wildman–Crippen LogP) is 3.24. The Hall–Kier alpha value is -2.48. The lowest BCUT2D eigenvalue weighted by atomic mass is 10.0. The minimum atomic E-state index is -3.80. The highest BCUT2D eigenvalue weighted by atomic mass is 32.2. The Balaban J connectivity index is 1.81. The lowest BCUT2D eigenvalue weighted by Crippen LogP contribution is -2.13. The van der Waals surface area contributed by atoms with Gasteiger partial charge in [0.2, 0.25) is 10.0 Å². The van der Waals surface area contributed by atoms with Gasteiger partial charge in [0.1, 0.15) is 4.21 Å². The van der Waals surface area contributed by atoms with Gasteiger partial charge in [0.25, 0.3) is 5.91 Å². The topological polar surface area (TPSA) is 89.3 Å². The van der Waals surface area contributed by atoms with E-state index in [0.717, 1.165) is 22.5 Å². The van der Waals surface area contributed by atoms with Crippen molar-refractivity contribution in [1.29, 1.82) is 0 Å². The van der Waals surface area contributed by atoms with E-state index in [2.05, 4.69) is 5.32 Å². The molecule has 0 bridgehead atoms. The van der Waals surface area contributed by atoms with Gasteiger partial charge in [0.05, 0.1) is 5.56 Å². The van der Waals surface area contributed by atoms with Crippen LogP contribution in [0.2, 0.25) is 0 Å². The molecular weight excluding hydrogens is 356 g/mol. The zero-order valence-corrected chi connectivity index (χ0v) is 14.8. The van der Waals surface area contributed by atoms with Gasteiger partial charge in [-0.05, 0) is 29.7 Å². The van der Waals surface area contributed by atoms with Gasteiger partial charge in [-0.2, -0.15) is 0 Å². The maximum absolute atomic E-state index is 12.4. The summed E-state index contributed by atoms with van der Waals surface area (Å²) in [5.74, 6) is -0.369. The SMILES string of the molecule is NS(=O)(=O)c1cc(C(=O)Nc2ccccc2Cc2ccccc2)cs1. The number of thiophene rings is 1. The first-order valence-corrected chi connectivity index (χ1v) is 9.90. The Bertz CT molecular complexity index is 996. The average molecular weight is 372 g/mol. The highest BCUT2D eigenvalue weighted by Gasteiger charge is 2.16. The molecule has 0 aliphatic rings. The maximum atomic E-state index is 12.4. The van der Waals surface area contributed by atoms with Crippen molar-refractivity contribution in [2.45, 2.75) is 10.6 Å². The smallest absolute Gasteiger partial charge is 0.256 e. The number of hydrogen-bond donors (Lipinski definition) is 2. The van der Waals surface area contributed by atoms with Crippen molar-refractivity contribution in [3.8, 4) is 0 Å². The van der Waals surface area contributed by atoms with Crippen molar-refractivity contribution in [3.63, 3.8) is 0 Å². The number of nitrogens with two attached hydrogens (primary N) is 1. The third kappa shape index (κ3) is 4.33. The van der Waals surface area contributed by atoms with Gasteiger partial charge in [-0.15, -0.1) is 11.3 Å². The monoisotopic (exact) mass is 372 g/mol. The summed E-state index contributed by atoms with van der Waals surface area (Å²) in [6, 6.07) is 18.8. The molecule has 0 unspecified atom stereocenters. The highest BCUT2D eigenvalue weighted by molar-refractivity contribution is 7.91. The number of anilines is 1. The van der Waals surface area contributed by atoms with Gasteiger partial charge in [0.15, 0.2) is 0 Å². The highest BCUT2D eigenvalue weighted by Crippen LogP contribution is 2.23. The molecule has 1 aromatic heterocycles. The lowest BCUT2D eigenvalue weighted by molar-refractivity contribution is 0.102. The molecule has 0 aliphatic heterocycles. The summed E-state index contributed by atoms with van der Waals surface area (Å²) in [5.41, 5.74) is 3.07. The third-order valence-corrected chi connectivity index (χ3v) is 6.01. The molecule has 1 heterocycles. The van der Waals surface area contributed by atoms with Gasteiger partial charge in [-0.1, -0.05) is 48.5 Å². The first kappa shape index (κ1) is 17.3. The first-order valence-electron chi connectivity index (χ1n) is 7.48. The van der Waals surface area contributed by atoms with Crippen molar-refractivity contribution < 1.29 is 13.2 Å². The predicted molar refractivity (Wildman–Crippen MR) is 99.3 cm³/mol. The van der Waals surface area contributed by atoms with Gasteiger partial charge in [-0.3, -0.25) is 4.79 Å². The van der Waals surface area contributed by atoms with Gasteiger partial charge in [0, 0.05) is 11.1 Å². The molecule has 0 fully saturated rings. The minimum absolute atomic E-state index is 0.0322. The van der Waals surface area contributed by atoms with E-state index in [9.17, 15) is 13.2 Å². The summed E-state index contributed by atoms with van der Waals surface area (Å²) in [4.78, 5) is 12.4. The van der Waals surface area contributed by atoms with Crippen LogP contribution in [0.1, 0.15) is 21.5 Å². The maximum Gasteiger partial charge on any atom is 0.256 e. The molecule has 0 aliphatic carbocycles.